The first-order valence-corrected chi connectivity index (χ1v) is 2.91. The lowest BCUT2D eigenvalue weighted by molar-refractivity contribution is -0.483. The SMILES string of the molecule is CC(C)C(N)C[N+](=O)[O-]. The highest BCUT2D eigenvalue weighted by Crippen LogP contribution is 1.96. The maximum Gasteiger partial charge on any atom is 0.219 e. The van der Waals surface area contributed by atoms with E-state index in [1.807, 2.05) is 13.8 Å². The average Bonchev–Trinajstić information content (AvgIpc) is 1.63. The number of rotatable bonds is 3. The molecule has 0 rings (SSSR count). The lowest BCUT2D eigenvalue weighted by Crippen LogP contribution is -2.33. The van der Waals surface area contributed by atoms with Crippen molar-refractivity contribution >= 4 is 0 Å². The highest BCUT2D eigenvalue weighted by Gasteiger charge is 2.12. The minimum atomic E-state index is -0.384. The second-order valence-electron chi connectivity index (χ2n) is 2.42. The van der Waals surface area contributed by atoms with Crippen LogP contribution in [0.25, 0.3) is 0 Å². The Morgan fingerprint density at radius 2 is 2.11 bits per heavy atom. The van der Waals surface area contributed by atoms with Crippen LogP contribution in [-0.4, -0.2) is 17.5 Å². The van der Waals surface area contributed by atoms with Crippen LogP contribution < -0.4 is 5.73 Å². The molecule has 0 heterocycles. The largest absolute Gasteiger partial charge is 0.322 e. The Labute approximate surface area is 54.2 Å². The van der Waals surface area contributed by atoms with Crippen LogP contribution in [0.4, 0.5) is 0 Å². The molecule has 0 bridgehead atoms. The lowest BCUT2D eigenvalue weighted by Gasteiger charge is -2.08. The zero-order valence-corrected chi connectivity index (χ0v) is 5.70. The molecule has 0 aromatic carbocycles. The van der Waals surface area contributed by atoms with E-state index in [-0.39, 0.29) is 23.4 Å². The Hall–Kier alpha value is -0.640. The van der Waals surface area contributed by atoms with Crippen molar-refractivity contribution < 1.29 is 4.92 Å². The minimum absolute atomic E-state index is 0.127. The van der Waals surface area contributed by atoms with Crippen LogP contribution in [0, 0.1) is 16.0 Å². The molecule has 2 N–H and O–H groups in total. The summed E-state index contributed by atoms with van der Waals surface area (Å²) in [6.45, 7) is 3.61. The molecule has 54 valence electrons. The molecule has 0 aliphatic heterocycles. The third-order valence-corrected chi connectivity index (χ3v) is 1.22. The third-order valence-electron chi connectivity index (χ3n) is 1.22. The predicted molar refractivity (Wildman–Crippen MR) is 34.7 cm³/mol. The van der Waals surface area contributed by atoms with Crippen molar-refractivity contribution in [2.75, 3.05) is 6.54 Å². The van der Waals surface area contributed by atoms with Crippen molar-refractivity contribution in [1.29, 1.82) is 0 Å². The summed E-state index contributed by atoms with van der Waals surface area (Å²) < 4.78 is 0. The molecule has 1 unspecified atom stereocenters. The quantitative estimate of drug-likeness (QED) is 0.442. The van der Waals surface area contributed by atoms with Crippen molar-refractivity contribution in [2.45, 2.75) is 19.9 Å². The number of hydrogen-bond donors (Lipinski definition) is 1. The van der Waals surface area contributed by atoms with Crippen LogP contribution in [-0.2, 0) is 0 Å². The van der Waals surface area contributed by atoms with Crippen molar-refractivity contribution in [3.8, 4) is 0 Å². The monoisotopic (exact) mass is 132 g/mol. The van der Waals surface area contributed by atoms with Crippen molar-refractivity contribution in [3.63, 3.8) is 0 Å². The molecule has 1 atom stereocenters. The van der Waals surface area contributed by atoms with E-state index in [0.717, 1.165) is 0 Å². The highest BCUT2D eigenvalue weighted by molar-refractivity contribution is 4.62. The molecule has 4 heteroatoms. The van der Waals surface area contributed by atoms with Gasteiger partial charge in [0, 0.05) is 4.92 Å². The van der Waals surface area contributed by atoms with Gasteiger partial charge in [-0.1, -0.05) is 13.8 Å². The predicted octanol–water partition coefficient (Wildman–Crippen LogP) is 0.246. The fraction of sp³-hybridized carbons (Fsp3) is 1.00. The zero-order chi connectivity index (χ0) is 7.44. The Balaban J connectivity index is 3.50. The van der Waals surface area contributed by atoms with Gasteiger partial charge in [-0.15, -0.1) is 0 Å². The summed E-state index contributed by atoms with van der Waals surface area (Å²) >= 11 is 0. The number of nitrogens with two attached hydrogens (primary N) is 1. The van der Waals surface area contributed by atoms with Gasteiger partial charge in [-0.2, -0.15) is 0 Å². The molecular formula is C5H12N2O2. The Morgan fingerprint density at radius 3 is 2.22 bits per heavy atom. The van der Waals surface area contributed by atoms with Crippen molar-refractivity contribution in [1.82, 2.24) is 0 Å². The number of nitro groups is 1. The average molecular weight is 132 g/mol. The summed E-state index contributed by atoms with van der Waals surface area (Å²) in [7, 11) is 0. The van der Waals surface area contributed by atoms with Crippen LogP contribution in [0.2, 0.25) is 0 Å². The van der Waals surface area contributed by atoms with Gasteiger partial charge in [0.1, 0.15) is 0 Å². The van der Waals surface area contributed by atoms with Gasteiger partial charge in [-0.3, -0.25) is 10.1 Å². The Morgan fingerprint density at radius 1 is 1.67 bits per heavy atom. The minimum Gasteiger partial charge on any atom is -0.322 e. The van der Waals surface area contributed by atoms with Crippen LogP contribution in [0.15, 0.2) is 0 Å². The molecule has 0 fully saturated rings. The third kappa shape index (κ3) is 3.90. The van der Waals surface area contributed by atoms with Crippen molar-refractivity contribution in [2.24, 2.45) is 11.7 Å². The molecule has 9 heavy (non-hydrogen) atoms. The molecule has 0 amide bonds. The zero-order valence-electron chi connectivity index (χ0n) is 5.70. The molecule has 0 aromatic rings. The summed E-state index contributed by atoms with van der Waals surface area (Å²) in [6.07, 6.45) is 0. The topological polar surface area (TPSA) is 69.2 Å². The van der Waals surface area contributed by atoms with Gasteiger partial charge in [0.05, 0.1) is 6.04 Å². The maximum atomic E-state index is 9.84. The fourth-order valence-corrected chi connectivity index (χ4v) is 0.383. The van der Waals surface area contributed by atoms with E-state index in [0.29, 0.717) is 0 Å². The van der Waals surface area contributed by atoms with E-state index in [1.54, 1.807) is 0 Å². The molecular weight excluding hydrogens is 120 g/mol. The normalized spacial score (nSPS) is 13.8. The second kappa shape index (κ2) is 3.40. The van der Waals surface area contributed by atoms with Gasteiger partial charge in [0.25, 0.3) is 0 Å². The molecule has 0 saturated heterocycles. The number of hydrogen-bond acceptors (Lipinski definition) is 3. The molecule has 0 aliphatic carbocycles. The smallest absolute Gasteiger partial charge is 0.219 e. The summed E-state index contributed by atoms with van der Waals surface area (Å²) in [6, 6.07) is -0.306. The van der Waals surface area contributed by atoms with Crippen molar-refractivity contribution in [3.05, 3.63) is 10.1 Å². The maximum absolute atomic E-state index is 9.84. The van der Waals surface area contributed by atoms with Gasteiger partial charge in [-0.05, 0) is 5.92 Å². The number of nitrogens with zero attached hydrogens (tertiary/aromatic N) is 1. The second-order valence-corrected chi connectivity index (χ2v) is 2.42. The van der Waals surface area contributed by atoms with Crippen LogP contribution in [0.5, 0.6) is 0 Å². The van der Waals surface area contributed by atoms with Crippen LogP contribution in [0.3, 0.4) is 0 Å². The van der Waals surface area contributed by atoms with Gasteiger partial charge in [0.15, 0.2) is 0 Å². The van der Waals surface area contributed by atoms with E-state index in [9.17, 15) is 10.1 Å². The molecule has 0 aliphatic rings. The van der Waals surface area contributed by atoms with E-state index < -0.39 is 0 Å². The molecule has 0 aromatic heterocycles. The van der Waals surface area contributed by atoms with Gasteiger partial charge < -0.3 is 5.73 Å². The standard InChI is InChI=1S/C5H12N2O2/c1-4(2)5(6)3-7(8)9/h4-5H,3,6H2,1-2H3. The summed E-state index contributed by atoms with van der Waals surface area (Å²) in [5, 5.41) is 9.84. The van der Waals surface area contributed by atoms with E-state index in [1.165, 1.54) is 0 Å². The first-order valence-electron chi connectivity index (χ1n) is 2.91. The van der Waals surface area contributed by atoms with Crippen LogP contribution >= 0.6 is 0 Å². The first kappa shape index (κ1) is 8.36. The van der Waals surface area contributed by atoms with E-state index >= 15 is 0 Å². The van der Waals surface area contributed by atoms with Gasteiger partial charge in [-0.25, -0.2) is 0 Å². The fourth-order valence-electron chi connectivity index (χ4n) is 0.383. The first-order chi connectivity index (χ1) is 4.04. The summed E-state index contributed by atoms with van der Waals surface area (Å²) in [5.41, 5.74) is 5.38. The Kier molecular flexibility index (Phi) is 3.16. The Bertz CT molecular complexity index is 103. The molecule has 4 nitrogen and oxygen atoms in total. The molecule has 0 radical (unpaired) electrons. The van der Waals surface area contributed by atoms with Crippen LogP contribution in [0.1, 0.15) is 13.8 Å². The van der Waals surface area contributed by atoms with Gasteiger partial charge in [0.2, 0.25) is 6.54 Å². The summed E-state index contributed by atoms with van der Waals surface area (Å²) in [4.78, 5) is 9.46. The van der Waals surface area contributed by atoms with E-state index in [2.05, 4.69) is 0 Å². The lowest BCUT2D eigenvalue weighted by atomic mass is 10.1. The molecule has 0 spiro atoms. The highest BCUT2D eigenvalue weighted by atomic mass is 16.6. The summed E-state index contributed by atoms with van der Waals surface area (Å²) in [5.74, 6) is 0.190. The molecule has 0 saturated carbocycles. The van der Waals surface area contributed by atoms with Gasteiger partial charge >= 0.3 is 0 Å². The van der Waals surface area contributed by atoms with E-state index in [4.69, 9.17) is 5.73 Å².